The SMILES string of the molecule is COC(=O)c1cnn(CC(=O)N2CCC(c3ccc(C)nc3)CC2)c1. The van der Waals surface area contributed by atoms with Crippen LogP contribution in [0.2, 0.25) is 0 Å². The van der Waals surface area contributed by atoms with Crippen LogP contribution in [-0.4, -0.2) is 51.7 Å². The normalized spacial score (nSPS) is 15.2. The number of nitrogens with zero attached hydrogens (tertiary/aromatic N) is 4. The lowest BCUT2D eigenvalue weighted by Crippen LogP contribution is -2.39. The summed E-state index contributed by atoms with van der Waals surface area (Å²) in [5, 5.41) is 4.05. The van der Waals surface area contributed by atoms with E-state index in [0.29, 0.717) is 11.5 Å². The predicted octanol–water partition coefficient (Wildman–Crippen LogP) is 1.78. The van der Waals surface area contributed by atoms with Gasteiger partial charge in [-0.15, -0.1) is 0 Å². The molecule has 0 aliphatic carbocycles. The van der Waals surface area contributed by atoms with Crippen LogP contribution in [0.1, 0.15) is 40.4 Å². The monoisotopic (exact) mass is 342 g/mol. The molecular formula is C18H22N4O3. The standard InChI is InChI=1S/C18H22N4O3/c1-13-3-4-15(9-19-13)14-5-7-21(8-6-14)17(23)12-22-11-16(10-20-22)18(24)25-2/h3-4,9-11,14H,5-8,12H2,1-2H3. The van der Waals surface area contributed by atoms with E-state index < -0.39 is 5.97 Å². The maximum Gasteiger partial charge on any atom is 0.341 e. The van der Waals surface area contributed by atoms with Crippen molar-refractivity contribution < 1.29 is 14.3 Å². The third-order valence-corrected chi connectivity index (χ3v) is 4.60. The number of esters is 1. The third kappa shape index (κ3) is 4.04. The van der Waals surface area contributed by atoms with Gasteiger partial charge in [0.15, 0.2) is 0 Å². The molecule has 132 valence electrons. The summed E-state index contributed by atoms with van der Waals surface area (Å²) in [5.41, 5.74) is 2.61. The Balaban J connectivity index is 1.54. The first-order chi connectivity index (χ1) is 12.1. The van der Waals surface area contributed by atoms with Crippen LogP contribution >= 0.6 is 0 Å². The highest BCUT2D eigenvalue weighted by Gasteiger charge is 2.24. The van der Waals surface area contributed by atoms with Crippen molar-refractivity contribution in [3.63, 3.8) is 0 Å². The third-order valence-electron chi connectivity index (χ3n) is 4.60. The number of methoxy groups -OCH3 is 1. The molecule has 2 aromatic rings. The van der Waals surface area contributed by atoms with Gasteiger partial charge in [0.25, 0.3) is 0 Å². The van der Waals surface area contributed by atoms with E-state index in [1.807, 2.05) is 24.1 Å². The number of likely N-dealkylation sites (tertiary alicyclic amines) is 1. The fraction of sp³-hybridized carbons (Fsp3) is 0.444. The Morgan fingerprint density at radius 3 is 2.64 bits per heavy atom. The van der Waals surface area contributed by atoms with Gasteiger partial charge in [0.2, 0.25) is 5.91 Å². The molecule has 0 unspecified atom stereocenters. The molecule has 0 aromatic carbocycles. The minimum absolute atomic E-state index is 0.0139. The number of pyridine rings is 1. The van der Waals surface area contributed by atoms with E-state index in [9.17, 15) is 9.59 Å². The number of hydrogen-bond acceptors (Lipinski definition) is 5. The Morgan fingerprint density at radius 1 is 1.24 bits per heavy atom. The van der Waals surface area contributed by atoms with E-state index in [4.69, 9.17) is 0 Å². The summed E-state index contributed by atoms with van der Waals surface area (Å²) in [6, 6.07) is 4.16. The summed E-state index contributed by atoms with van der Waals surface area (Å²) in [6.45, 7) is 3.56. The van der Waals surface area contributed by atoms with Gasteiger partial charge in [-0.3, -0.25) is 14.5 Å². The molecule has 0 N–H and O–H groups in total. The van der Waals surface area contributed by atoms with Crippen LogP contribution < -0.4 is 0 Å². The van der Waals surface area contributed by atoms with Gasteiger partial charge in [-0.05, 0) is 37.3 Å². The minimum Gasteiger partial charge on any atom is -0.465 e. The molecule has 2 aromatic heterocycles. The van der Waals surface area contributed by atoms with Crippen LogP contribution in [0.15, 0.2) is 30.7 Å². The lowest BCUT2D eigenvalue weighted by atomic mass is 9.90. The lowest BCUT2D eigenvalue weighted by Gasteiger charge is -2.32. The number of carbonyl (C=O) groups excluding carboxylic acids is 2. The first kappa shape index (κ1) is 17.1. The van der Waals surface area contributed by atoms with E-state index in [1.165, 1.54) is 29.7 Å². The molecule has 0 radical (unpaired) electrons. The highest BCUT2D eigenvalue weighted by atomic mass is 16.5. The van der Waals surface area contributed by atoms with Crippen molar-refractivity contribution in [3.05, 3.63) is 47.5 Å². The highest BCUT2D eigenvalue weighted by molar-refractivity contribution is 5.88. The predicted molar refractivity (Wildman–Crippen MR) is 91.1 cm³/mol. The second kappa shape index (κ2) is 7.46. The zero-order valence-electron chi connectivity index (χ0n) is 14.5. The van der Waals surface area contributed by atoms with Gasteiger partial charge in [0, 0.05) is 31.2 Å². The molecule has 1 aliphatic heterocycles. The lowest BCUT2D eigenvalue weighted by molar-refractivity contribution is -0.133. The van der Waals surface area contributed by atoms with Crippen LogP contribution in [0, 0.1) is 6.92 Å². The van der Waals surface area contributed by atoms with Gasteiger partial charge in [0.1, 0.15) is 6.54 Å². The Bertz CT molecular complexity index is 746. The fourth-order valence-corrected chi connectivity index (χ4v) is 3.09. The Morgan fingerprint density at radius 2 is 2.00 bits per heavy atom. The summed E-state index contributed by atoms with van der Waals surface area (Å²) < 4.78 is 6.12. The fourth-order valence-electron chi connectivity index (χ4n) is 3.09. The van der Waals surface area contributed by atoms with Crippen LogP contribution in [0.3, 0.4) is 0 Å². The molecule has 0 saturated carbocycles. The number of aromatic nitrogens is 3. The van der Waals surface area contributed by atoms with Crippen LogP contribution in [0.25, 0.3) is 0 Å². The van der Waals surface area contributed by atoms with Crippen molar-refractivity contribution in [1.82, 2.24) is 19.7 Å². The summed E-state index contributed by atoms with van der Waals surface area (Å²) in [7, 11) is 1.32. The van der Waals surface area contributed by atoms with Gasteiger partial charge in [-0.1, -0.05) is 6.07 Å². The average molecular weight is 342 g/mol. The molecule has 1 amide bonds. The number of amides is 1. The molecular weight excluding hydrogens is 320 g/mol. The molecule has 3 heterocycles. The quantitative estimate of drug-likeness (QED) is 0.792. The Labute approximate surface area is 146 Å². The molecule has 0 bridgehead atoms. The van der Waals surface area contributed by atoms with E-state index in [2.05, 4.69) is 20.9 Å². The smallest absolute Gasteiger partial charge is 0.341 e. The number of rotatable bonds is 4. The van der Waals surface area contributed by atoms with E-state index in [0.717, 1.165) is 31.6 Å². The first-order valence-electron chi connectivity index (χ1n) is 8.38. The Hall–Kier alpha value is -2.70. The molecule has 25 heavy (non-hydrogen) atoms. The Kier molecular flexibility index (Phi) is 5.11. The van der Waals surface area contributed by atoms with Crippen LogP contribution in [0.4, 0.5) is 0 Å². The molecule has 1 saturated heterocycles. The molecule has 7 nitrogen and oxygen atoms in total. The van der Waals surface area contributed by atoms with Gasteiger partial charge < -0.3 is 9.64 Å². The van der Waals surface area contributed by atoms with Crippen molar-refractivity contribution in [2.24, 2.45) is 0 Å². The summed E-state index contributed by atoms with van der Waals surface area (Å²) in [4.78, 5) is 30.1. The number of piperidine rings is 1. The molecule has 1 fully saturated rings. The first-order valence-corrected chi connectivity index (χ1v) is 8.38. The molecule has 0 spiro atoms. The summed E-state index contributed by atoms with van der Waals surface area (Å²) in [5.74, 6) is 0.0130. The average Bonchev–Trinajstić information content (AvgIpc) is 3.10. The maximum absolute atomic E-state index is 12.4. The van der Waals surface area contributed by atoms with Gasteiger partial charge >= 0.3 is 5.97 Å². The van der Waals surface area contributed by atoms with Gasteiger partial charge in [-0.25, -0.2) is 4.79 Å². The van der Waals surface area contributed by atoms with E-state index >= 15 is 0 Å². The number of aryl methyl sites for hydroxylation is 1. The number of hydrogen-bond donors (Lipinski definition) is 0. The molecule has 0 atom stereocenters. The van der Waals surface area contributed by atoms with Gasteiger partial charge in [0.05, 0.1) is 18.9 Å². The second-order valence-corrected chi connectivity index (χ2v) is 6.31. The van der Waals surface area contributed by atoms with Crippen LogP contribution in [0.5, 0.6) is 0 Å². The summed E-state index contributed by atoms with van der Waals surface area (Å²) in [6.07, 6.45) is 6.76. The maximum atomic E-state index is 12.4. The van der Waals surface area contributed by atoms with Crippen molar-refractivity contribution in [3.8, 4) is 0 Å². The topological polar surface area (TPSA) is 77.3 Å². The van der Waals surface area contributed by atoms with Gasteiger partial charge in [-0.2, -0.15) is 5.10 Å². The zero-order valence-corrected chi connectivity index (χ0v) is 14.5. The molecule has 3 rings (SSSR count). The molecule has 1 aliphatic rings. The summed E-state index contributed by atoms with van der Waals surface area (Å²) >= 11 is 0. The molecule has 7 heteroatoms. The second-order valence-electron chi connectivity index (χ2n) is 6.31. The van der Waals surface area contributed by atoms with E-state index in [1.54, 1.807) is 0 Å². The van der Waals surface area contributed by atoms with Crippen molar-refractivity contribution in [2.45, 2.75) is 32.2 Å². The minimum atomic E-state index is -0.453. The van der Waals surface area contributed by atoms with E-state index in [-0.39, 0.29) is 12.5 Å². The number of ether oxygens (including phenoxy) is 1. The van der Waals surface area contributed by atoms with Crippen molar-refractivity contribution in [1.29, 1.82) is 0 Å². The van der Waals surface area contributed by atoms with Crippen LogP contribution in [-0.2, 0) is 16.1 Å². The highest BCUT2D eigenvalue weighted by Crippen LogP contribution is 2.27. The van der Waals surface area contributed by atoms with Crippen molar-refractivity contribution in [2.75, 3.05) is 20.2 Å². The van der Waals surface area contributed by atoms with Crippen molar-refractivity contribution >= 4 is 11.9 Å². The largest absolute Gasteiger partial charge is 0.465 e. The number of carbonyl (C=O) groups is 2. The zero-order chi connectivity index (χ0) is 17.8.